The van der Waals surface area contributed by atoms with Gasteiger partial charge in [-0.3, -0.25) is 9.79 Å². The second kappa shape index (κ2) is 9.08. The Morgan fingerprint density at radius 1 is 1.06 bits per heavy atom. The first-order valence-electron chi connectivity index (χ1n) is 11.4. The van der Waals surface area contributed by atoms with E-state index in [2.05, 4.69) is 51.4 Å². The predicted octanol–water partition coefficient (Wildman–Crippen LogP) is 3.62. The highest BCUT2D eigenvalue weighted by Gasteiger charge is 2.20. The van der Waals surface area contributed by atoms with Crippen LogP contribution < -0.4 is 10.2 Å². The Balaban J connectivity index is 1.34. The smallest absolute Gasteiger partial charge is 0.274 e. The minimum atomic E-state index is -0.296. The molecule has 0 unspecified atom stereocenters. The molecule has 1 amide bonds. The zero-order valence-electron chi connectivity index (χ0n) is 19.4. The van der Waals surface area contributed by atoms with Crippen molar-refractivity contribution in [1.82, 2.24) is 9.88 Å². The molecule has 7 heteroatoms. The minimum Gasteiger partial charge on any atom is -0.369 e. The van der Waals surface area contributed by atoms with E-state index in [9.17, 15) is 4.79 Å². The molecule has 7 nitrogen and oxygen atoms in total. The molecule has 1 fully saturated rings. The van der Waals surface area contributed by atoms with E-state index >= 15 is 0 Å². The maximum atomic E-state index is 12.8. The molecule has 1 aromatic heterocycles. The average Bonchev–Trinajstić information content (AvgIpc) is 3.27. The van der Waals surface area contributed by atoms with Crippen LogP contribution in [0.5, 0.6) is 0 Å². The summed E-state index contributed by atoms with van der Waals surface area (Å²) < 4.78 is 0. The predicted molar refractivity (Wildman–Crippen MR) is 134 cm³/mol. The van der Waals surface area contributed by atoms with Gasteiger partial charge in [-0.1, -0.05) is 18.2 Å². The topological polar surface area (TPSA) is 84.6 Å². The fourth-order valence-corrected chi connectivity index (χ4v) is 4.47. The van der Waals surface area contributed by atoms with Crippen LogP contribution >= 0.6 is 0 Å². The molecule has 3 aromatic rings. The van der Waals surface area contributed by atoms with Crippen molar-refractivity contribution >= 4 is 23.0 Å². The van der Waals surface area contributed by atoms with E-state index in [0.717, 1.165) is 48.6 Å². The van der Waals surface area contributed by atoms with Gasteiger partial charge in [-0.25, -0.2) is 4.98 Å². The number of nitrogens with zero attached hydrogens (tertiary/aromatic N) is 5. The largest absolute Gasteiger partial charge is 0.369 e. The van der Waals surface area contributed by atoms with Gasteiger partial charge in [-0.15, -0.1) is 0 Å². The Hall–Kier alpha value is -4.02. The molecule has 1 N–H and O–H groups in total. The summed E-state index contributed by atoms with van der Waals surface area (Å²) in [7, 11) is 2.16. The highest BCUT2D eigenvalue weighted by molar-refractivity contribution is 6.16. The quantitative estimate of drug-likeness (QED) is 0.656. The summed E-state index contributed by atoms with van der Waals surface area (Å²) in [6.45, 7) is 6.64. The summed E-state index contributed by atoms with van der Waals surface area (Å²) >= 11 is 0. The fraction of sp³-hybridized carbons (Fsp3) is 0.259. The average molecular weight is 451 g/mol. The number of likely N-dealkylation sites (N-methyl/N-ethyl adjacent to an activating group) is 1. The maximum absolute atomic E-state index is 12.8. The Morgan fingerprint density at radius 3 is 2.53 bits per heavy atom. The van der Waals surface area contributed by atoms with Gasteiger partial charge < -0.3 is 15.1 Å². The van der Waals surface area contributed by atoms with E-state index in [4.69, 9.17) is 10.3 Å². The van der Waals surface area contributed by atoms with Crippen LogP contribution in [-0.4, -0.2) is 54.7 Å². The number of rotatable bonds is 4. The van der Waals surface area contributed by atoms with Gasteiger partial charge in [0, 0.05) is 54.9 Å². The Bertz CT molecular complexity index is 1310. The van der Waals surface area contributed by atoms with Crippen LogP contribution in [-0.2, 0) is 6.54 Å². The Morgan fingerprint density at radius 2 is 1.82 bits per heavy atom. The standard InChI is InChI=1S/C27H26N6O/c1-18-13-19(15-28)16-29-25(18)27(34)31-22-6-3-21-17-30-26(24(21)14-22)20-4-7-23(8-5-20)33-11-9-32(2)10-12-33/h3-8,13-14,16H,9-12,17H2,1-2H3,(H,31,34). The van der Waals surface area contributed by atoms with E-state index in [-0.39, 0.29) is 5.91 Å². The van der Waals surface area contributed by atoms with Crippen molar-refractivity contribution in [2.75, 3.05) is 43.4 Å². The molecule has 170 valence electrons. The molecule has 2 aliphatic rings. The monoisotopic (exact) mass is 450 g/mol. The van der Waals surface area contributed by atoms with Gasteiger partial charge in [0.05, 0.1) is 17.8 Å². The summed E-state index contributed by atoms with van der Waals surface area (Å²) in [5.41, 5.74) is 7.55. The number of carbonyl (C=O) groups is 1. The number of fused-ring (bicyclic) bond motifs is 1. The number of piperazine rings is 1. The molecule has 2 aromatic carbocycles. The van der Waals surface area contributed by atoms with Crippen molar-refractivity contribution in [3.63, 3.8) is 0 Å². The van der Waals surface area contributed by atoms with Crippen molar-refractivity contribution in [2.45, 2.75) is 13.5 Å². The second-order valence-electron chi connectivity index (χ2n) is 8.83. The summed E-state index contributed by atoms with van der Waals surface area (Å²) in [6.07, 6.45) is 1.42. The van der Waals surface area contributed by atoms with E-state index in [0.29, 0.717) is 29.1 Å². The lowest BCUT2D eigenvalue weighted by Crippen LogP contribution is -2.44. The van der Waals surface area contributed by atoms with Crippen LogP contribution in [0, 0.1) is 18.3 Å². The third kappa shape index (κ3) is 4.28. The number of benzene rings is 2. The summed E-state index contributed by atoms with van der Waals surface area (Å²) in [5, 5.41) is 12.0. The van der Waals surface area contributed by atoms with Crippen LogP contribution in [0.4, 0.5) is 11.4 Å². The number of carbonyl (C=O) groups excluding carboxylic acids is 1. The molecule has 0 saturated carbocycles. The van der Waals surface area contributed by atoms with Crippen LogP contribution in [0.3, 0.4) is 0 Å². The minimum absolute atomic E-state index is 0.296. The number of nitriles is 1. The van der Waals surface area contributed by atoms with Crippen molar-refractivity contribution in [2.24, 2.45) is 4.99 Å². The number of hydrogen-bond donors (Lipinski definition) is 1. The molecule has 5 rings (SSSR count). The van der Waals surface area contributed by atoms with Gasteiger partial charge in [0.25, 0.3) is 5.91 Å². The molecular formula is C27H26N6O. The van der Waals surface area contributed by atoms with Gasteiger partial charge in [0.1, 0.15) is 11.8 Å². The van der Waals surface area contributed by atoms with Crippen LogP contribution in [0.15, 0.2) is 59.7 Å². The lowest BCUT2D eigenvalue weighted by molar-refractivity contribution is 0.102. The SMILES string of the molecule is Cc1cc(C#N)cnc1C(=O)Nc1ccc2c(c1)C(c1ccc(N3CCN(C)CC3)cc1)=NC2. The maximum Gasteiger partial charge on any atom is 0.274 e. The van der Waals surface area contributed by atoms with Crippen molar-refractivity contribution in [1.29, 1.82) is 5.26 Å². The molecule has 0 radical (unpaired) electrons. The van der Waals surface area contributed by atoms with E-state index < -0.39 is 0 Å². The number of nitrogens with one attached hydrogen (secondary N) is 1. The molecule has 34 heavy (non-hydrogen) atoms. The number of aliphatic imine (C=N–C) groups is 1. The van der Waals surface area contributed by atoms with E-state index in [1.807, 2.05) is 24.3 Å². The summed E-state index contributed by atoms with van der Waals surface area (Å²) in [4.78, 5) is 26.5. The Labute approximate surface area is 199 Å². The highest BCUT2D eigenvalue weighted by atomic mass is 16.1. The van der Waals surface area contributed by atoms with Gasteiger partial charge in [0.2, 0.25) is 0 Å². The third-order valence-corrected chi connectivity index (χ3v) is 6.46. The van der Waals surface area contributed by atoms with Gasteiger partial charge in [-0.2, -0.15) is 5.26 Å². The van der Waals surface area contributed by atoms with Crippen molar-refractivity contribution in [3.8, 4) is 6.07 Å². The number of anilines is 2. The molecule has 0 bridgehead atoms. The number of aryl methyl sites for hydroxylation is 1. The molecule has 1 saturated heterocycles. The van der Waals surface area contributed by atoms with Gasteiger partial charge in [0.15, 0.2) is 0 Å². The van der Waals surface area contributed by atoms with Gasteiger partial charge in [-0.05, 0) is 55.4 Å². The number of amides is 1. The second-order valence-corrected chi connectivity index (χ2v) is 8.83. The number of hydrogen-bond acceptors (Lipinski definition) is 6. The van der Waals surface area contributed by atoms with Crippen LogP contribution in [0.25, 0.3) is 0 Å². The molecule has 0 atom stereocenters. The van der Waals surface area contributed by atoms with E-state index in [1.165, 1.54) is 11.9 Å². The first kappa shape index (κ1) is 21.8. The highest BCUT2D eigenvalue weighted by Crippen LogP contribution is 2.28. The lowest BCUT2D eigenvalue weighted by Gasteiger charge is -2.34. The summed E-state index contributed by atoms with van der Waals surface area (Å²) in [6, 6.07) is 18.2. The molecule has 3 heterocycles. The summed E-state index contributed by atoms with van der Waals surface area (Å²) in [5.74, 6) is -0.296. The normalized spacial score (nSPS) is 15.4. The Kier molecular flexibility index (Phi) is 5.83. The molecule has 0 spiro atoms. The van der Waals surface area contributed by atoms with E-state index in [1.54, 1.807) is 13.0 Å². The van der Waals surface area contributed by atoms with Crippen LogP contribution in [0.1, 0.15) is 38.3 Å². The van der Waals surface area contributed by atoms with Crippen molar-refractivity contribution in [3.05, 3.63) is 88.2 Å². The van der Waals surface area contributed by atoms with Crippen molar-refractivity contribution < 1.29 is 4.79 Å². The first-order chi connectivity index (χ1) is 16.5. The number of aromatic nitrogens is 1. The van der Waals surface area contributed by atoms with Crippen LogP contribution in [0.2, 0.25) is 0 Å². The molecule has 0 aliphatic carbocycles. The zero-order valence-corrected chi connectivity index (χ0v) is 19.4. The first-order valence-corrected chi connectivity index (χ1v) is 11.4. The fourth-order valence-electron chi connectivity index (χ4n) is 4.47. The van der Waals surface area contributed by atoms with Gasteiger partial charge >= 0.3 is 0 Å². The lowest BCUT2D eigenvalue weighted by atomic mass is 9.99. The molecular weight excluding hydrogens is 424 g/mol. The third-order valence-electron chi connectivity index (χ3n) is 6.46. The number of pyridine rings is 1. The molecule has 2 aliphatic heterocycles. The zero-order chi connectivity index (χ0) is 23.7.